The average Bonchev–Trinajstić information content (AvgIpc) is 3.35. The fourth-order valence-corrected chi connectivity index (χ4v) is 3.61. The van der Waals surface area contributed by atoms with E-state index in [0.717, 1.165) is 5.75 Å². The predicted octanol–water partition coefficient (Wildman–Crippen LogP) is 2.98. The Labute approximate surface area is 176 Å². The van der Waals surface area contributed by atoms with Crippen LogP contribution in [-0.4, -0.2) is 47.3 Å². The zero-order valence-electron chi connectivity index (χ0n) is 16.5. The molecule has 8 nitrogen and oxygen atoms in total. The molecule has 1 unspecified atom stereocenters. The van der Waals surface area contributed by atoms with Gasteiger partial charge >= 0.3 is 0 Å². The fourth-order valence-electron chi connectivity index (χ4n) is 3.13. The van der Waals surface area contributed by atoms with Crippen molar-refractivity contribution in [2.75, 3.05) is 12.0 Å². The van der Waals surface area contributed by atoms with Crippen LogP contribution in [0.25, 0.3) is 11.3 Å². The number of carbonyl (C=O) groups excluding carboxylic acids is 1. The molecule has 1 N–H and O–H groups in total. The Hall–Kier alpha value is -3.27. The lowest BCUT2D eigenvalue weighted by molar-refractivity contribution is 0.0923. The van der Waals surface area contributed by atoms with E-state index in [1.807, 2.05) is 35.1 Å². The Morgan fingerprint density at radius 3 is 2.77 bits per heavy atom. The summed E-state index contributed by atoms with van der Waals surface area (Å²) in [5.74, 6) is 1.32. The van der Waals surface area contributed by atoms with Crippen molar-refractivity contribution < 1.29 is 9.18 Å². The number of thioether (sulfide) groups is 1. The Bertz CT molecular complexity index is 1170. The largest absolute Gasteiger partial charge is 0.339 e. The first kappa shape index (κ1) is 20.0. The van der Waals surface area contributed by atoms with Crippen molar-refractivity contribution in [2.24, 2.45) is 0 Å². The second-order valence-corrected chi connectivity index (χ2v) is 7.65. The van der Waals surface area contributed by atoms with E-state index in [1.54, 1.807) is 30.8 Å². The molecule has 0 aliphatic carbocycles. The molecule has 3 heterocycles. The molecule has 3 aromatic heterocycles. The smallest absolute Gasteiger partial charge is 0.291 e. The summed E-state index contributed by atoms with van der Waals surface area (Å²) in [5.41, 5.74) is 1.34. The van der Waals surface area contributed by atoms with Crippen LogP contribution in [0.3, 0.4) is 0 Å². The number of benzene rings is 1. The fraction of sp³-hybridized carbons (Fsp3) is 0.250. The maximum atomic E-state index is 13.2. The summed E-state index contributed by atoms with van der Waals surface area (Å²) in [6, 6.07) is 11.1. The van der Waals surface area contributed by atoms with E-state index in [0.29, 0.717) is 29.4 Å². The summed E-state index contributed by atoms with van der Waals surface area (Å²) >= 11 is 1.69. The van der Waals surface area contributed by atoms with Crippen LogP contribution in [0, 0.1) is 12.7 Å². The minimum absolute atomic E-state index is 0.0415. The summed E-state index contributed by atoms with van der Waals surface area (Å²) in [7, 11) is 0. The van der Waals surface area contributed by atoms with Crippen LogP contribution < -0.4 is 5.32 Å². The van der Waals surface area contributed by atoms with Crippen LogP contribution >= 0.6 is 11.8 Å². The number of fused-ring (bicyclic) bond motifs is 1. The number of carbonyl (C=O) groups is 1. The molecule has 0 aliphatic rings. The lowest BCUT2D eigenvalue weighted by Gasteiger charge is -2.16. The van der Waals surface area contributed by atoms with E-state index in [-0.39, 0.29) is 17.7 Å². The van der Waals surface area contributed by atoms with Gasteiger partial charge in [0.25, 0.3) is 5.91 Å². The van der Waals surface area contributed by atoms with Gasteiger partial charge in [-0.05, 0) is 61.8 Å². The molecule has 1 aromatic carbocycles. The number of aryl methyl sites for hydroxylation is 1. The molecule has 4 rings (SSSR count). The monoisotopic (exact) mass is 425 g/mol. The molecule has 0 saturated carbocycles. The molecular formula is C20H20FN7OS. The number of amides is 1. The third kappa shape index (κ3) is 4.04. The van der Waals surface area contributed by atoms with Gasteiger partial charge in [-0.3, -0.25) is 9.20 Å². The lowest BCUT2D eigenvalue weighted by atomic mass is 10.2. The van der Waals surface area contributed by atoms with E-state index in [2.05, 4.69) is 25.6 Å². The molecule has 4 aromatic rings. The summed E-state index contributed by atoms with van der Waals surface area (Å²) in [4.78, 5) is 17.2. The molecule has 0 bridgehead atoms. The second kappa shape index (κ2) is 8.62. The topological polar surface area (TPSA) is 90.0 Å². The van der Waals surface area contributed by atoms with Crippen LogP contribution in [0.4, 0.5) is 4.39 Å². The van der Waals surface area contributed by atoms with Crippen molar-refractivity contribution in [1.82, 2.24) is 34.7 Å². The van der Waals surface area contributed by atoms with Gasteiger partial charge in [-0.2, -0.15) is 11.8 Å². The SMILES string of the molecule is CSCCC(NC(=O)c1nc(C)n(-c2ccc(F)cc2)n1)c1nnc2ccccn12. The molecule has 0 radical (unpaired) electrons. The van der Waals surface area contributed by atoms with Gasteiger partial charge in [0.15, 0.2) is 11.5 Å². The van der Waals surface area contributed by atoms with Crippen molar-refractivity contribution in [1.29, 1.82) is 0 Å². The van der Waals surface area contributed by atoms with E-state index >= 15 is 0 Å². The van der Waals surface area contributed by atoms with Crippen molar-refractivity contribution in [3.05, 3.63) is 72.0 Å². The average molecular weight is 425 g/mol. The summed E-state index contributed by atoms with van der Waals surface area (Å²) in [6.07, 6.45) is 4.56. The van der Waals surface area contributed by atoms with E-state index in [1.165, 1.54) is 16.8 Å². The summed E-state index contributed by atoms with van der Waals surface area (Å²) in [5, 5.41) is 15.8. The predicted molar refractivity (Wildman–Crippen MR) is 112 cm³/mol. The van der Waals surface area contributed by atoms with E-state index in [4.69, 9.17) is 0 Å². The highest BCUT2D eigenvalue weighted by Gasteiger charge is 2.23. The number of pyridine rings is 1. The van der Waals surface area contributed by atoms with Crippen molar-refractivity contribution in [3.8, 4) is 5.69 Å². The van der Waals surface area contributed by atoms with Crippen LogP contribution in [0.2, 0.25) is 0 Å². The Morgan fingerprint density at radius 1 is 1.20 bits per heavy atom. The Kier molecular flexibility index (Phi) is 5.75. The number of hydrogen-bond donors (Lipinski definition) is 1. The number of hydrogen-bond acceptors (Lipinski definition) is 6. The van der Waals surface area contributed by atoms with E-state index in [9.17, 15) is 9.18 Å². The summed E-state index contributed by atoms with van der Waals surface area (Å²) in [6.45, 7) is 1.74. The lowest BCUT2D eigenvalue weighted by Crippen LogP contribution is -2.31. The number of nitrogens with one attached hydrogen (secondary N) is 1. The molecule has 0 fully saturated rings. The molecule has 0 spiro atoms. The maximum absolute atomic E-state index is 13.2. The van der Waals surface area contributed by atoms with Gasteiger partial charge in [0.05, 0.1) is 11.7 Å². The minimum Gasteiger partial charge on any atom is -0.339 e. The number of rotatable bonds is 7. The molecule has 1 atom stereocenters. The molecule has 10 heteroatoms. The Morgan fingerprint density at radius 2 is 2.00 bits per heavy atom. The second-order valence-electron chi connectivity index (χ2n) is 6.67. The molecule has 1 amide bonds. The molecule has 154 valence electrons. The molecule has 0 saturated heterocycles. The van der Waals surface area contributed by atoms with Gasteiger partial charge in [-0.25, -0.2) is 14.1 Å². The zero-order valence-corrected chi connectivity index (χ0v) is 17.3. The molecule has 30 heavy (non-hydrogen) atoms. The highest BCUT2D eigenvalue weighted by molar-refractivity contribution is 7.98. The first-order chi connectivity index (χ1) is 14.6. The summed E-state index contributed by atoms with van der Waals surface area (Å²) < 4.78 is 16.6. The van der Waals surface area contributed by atoms with Gasteiger partial charge in [0, 0.05) is 6.20 Å². The quantitative estimate of drug-likeness (QED) is 0.490. The van der Waals surface area contributed by atoms with Gasteiger partial charge < -0.3 is 5.32 Å². The standard InChI is InChI=1S/C20H20FN7OS/c1-13-22-18(26-28(13)15-8-6-14(21)7-9-15)20(29)23-16(10-12-30-2)19-25-24-17-5-3-4-11-27(17)19/h3-9,11,16H,10,12H2,1-2H3,(H,23,29). The van der Waals surface area contributed by atoms with Crippen molar-refractivity contribution in [3.63, 3.8) is 0 Å². The number of nitrogens with zero attached hydrogens (tertiary/aromatic N) is 6. The Balaban J connectivity index is 1.60. The van der Waals surface area contributed by atoms with Gasteiger partial charge in [0.1, 0.15) is 11.6 Å². The van der Waals surface area contributed by atoms with Gasteiger partial charge in [-0.1, -0.05) is 6.07 Å². The highest BCUT2D eigenvalue weighted by Crippen LogP contribution is 2.19. The molecule has 0 aliphatic heterocycles. The normalized spacial score (nSPS) is 12.2. The van der Waals surface area contributed by atoms with Crippen LogP contribution in [0.15, 0.2) is 48.7 Å². The maximum Gasteiger partial charge on any atom is 0.291 e. The first-order valence-corrected chi connectivity index (χ1v) is 10.8. The third-order valence-corrected chi connectivity index (χ3v) is 5.25. The van der Waals surface area contributed by atoms with Gasteiger partial charge in [0.2, 0.25) is 5.82 Å². The van der Waals surface area contributed by atoms with Crippen LogP contribution in [0.5, 0.6) is 0 Å². The van der Waals surface area contributed by atoms with E-state index < -0.39 is 5.91 Å². The minimum atomic E-state index is -0.405. The number of aromatic nitrogens is 6. The number of halogens is 1. The third-order valence-electron chi connectivity index (χ3n) is 4.61. The van der Waals surface area contributed by atoms with Crippen molar-refractivity contribution >= 4 is 23.3 Å². The highest BCUT2D eigenvalue weighted by atomic mass is 32.2. The van der Waals surface area contributed by atoms with Crippen LogP contribution in [-0.2, 0) is 0 Å². The van der Waals surface area contributed by atoms with Crippen LogP contribution in [0.1, 0.15) is 34.7 Å². The molecular weight excluding hydrogens is 405 g/mol. The first-order valence-electron chi connectivity index (χ1n) is 9.36. The van der Waals surface area contributed by atoms with Crippen molar-refractivity contribution in [2.45, 2.75) is 19.4 Å². The zero-order chi connectivity index (χ0) is 21.1. The van der Waals surface area contributed by atoms with Gasteiger partial charge in [-0.15, -0.1) is 15.3 Å².